The van der Waals surface area contributed by atoms with Crippen LogP contribution < -0.4 is 21.2 Å². The molecule has 0 bridgehead atoms. The molecule has 0 aliphatic heterocycles. The summed E-state index contributed by atoms with van der Waals surface area (Å²) in [5, 5.41) is 0. The van der Waals surface area contributed by atoms with Gasteiger partial charge < -0.3 is 4.55 Å². The minimum Gasteiger partial charge on any atom is -0.741 e. The topological polar surface area (TPSA) is 91.3 Å². The highest BCUT2D eigenvalue weighted by atomic mass is 127. The Labute approximate surface area is 160 Å². The first kappa shape index (κ1) is 22.9. The molecule has 0 N–H and O–H groups in total. The third-order valence-electron chi connectivity index (χ3n) is 2.75. The van der Waals surface area contributed by atoms with Crippen LogP contribution in [0.1, 0.15) is 5.56 Å². The van der Waals surface area contributed by atoms with Gasteiger partial charge in [-0.1, -0.05) is 35.9 Å². The molecule has 0 aliphatic rings. The zero-order chi connectivity index (χ0) is 20.0. The molecule has 0 spiro atoms. The number of hydrogen-bond acceptors (Lipinski definition) is 5. The van der Waals surface area contributed by atoms with Gasteiger partial charge >= 0.3 is 26.7 Å². The van der Waals surface area contributed by atoms with Gasteiger partial charge in [0.2, 0.25) is 9.84 Å². The first-order valence-corrected chi connectivity index (χ1v) is 12.5. The minimum absolute atomic E-state index is 0.263. The van der Waals surface area contributed by atoms with E-state index in [4.69, 9.17) is 13.0 Å². The number of halogens is 4. The van der Waals surface area contributed by atoms with Crippen LogP contribution in [-0.4, -0.2) is 30.7 Å². The Morgan fingerprint density at radius 2 is 1.38 bits per heavy atom. The lowest BCUT2D eigenvalue weighted by atomic mass is 10.2. The standard InChI is InChI=1S/C14H14IO2S.CHF3O3S/c1-12-7-9-14(10-8-12)18(16,17)11-15-13-5-3-2-4-6-13;2-1(3,4)8(5,6)7/h2-10H,11H2,1H3;(H,5,6,7)/q+1;/p-1. The number of alkyl halides is 4. The molecule has 0 unspecified atom stereocenters. The van der Waals surface area contributed by atoms with E-state index in [1.807, 2.05) is 49.4 Å². The van der Waals surface area contributed by atoms with E-state index in [-0.39, 0.29) is 3.76 Å². The Kier molecular flexibility index (Phi) is 8.04. The van der Waals surface area contributed by atoms with E-state index < -0.39 is 46.7 Å². The highest BCUT2D eigenvalue weighted by Crippen LogP contribution is 2.20. The lowest BCUT2D eigenvalue weighted by Crippen LogP contribution is -3.63. The molecule has 0 saturated heterocycles. The molecule has 2 aromatic rings. The minimum atomic E-state index is -6.09. The van der Waals surface area contributed by atoms with Gasteiger partial charge in [0, 0.05) is 0 Å². The molecule has 2 rings (SSSR count). The quantitative estimate of drug-likeness (QED) is 0.239. The van der Waals surface area contributed by atoms with Gasteiger partial charge in [0.25, 0.3) is 3.76 Å². The maximum absolute atomic E-state index is 12.1. The van der Waals surface area contributed by atoms with Crippen molar-refractivity contribution in [1.82, 2.24) is 0 Å². The summed E-state index contributed by atoms with van der Waals surface area (Å²) >= 11 is -0.485. The second kappa shape index (κ2) is 9.15. The number of benzene rings is 2. The fourth-order valence-electron chi connectivity index (χ4n) is 1.45. The molecule has 11 heteroatoms. The van der Waals surface area contributed by atoms with E-state index in [2.05, 4.69) is 0 Å². The average molecular weight is 522 g/mol. The zero-order valence-electron chi connectivity index (χ0n) is 13.3. The number of hydrogen-bond donors (Lipinski definition) is 0. The van der Waals surface area contributed by atoms with Crippen molar-refractivity contribution in [2.75, 3.05) is 3.76 Å². The number of sulfone groups is 1. The van der Waals surface area contributed by atoms with E-state index >= 15 is 0 Å². The maximum atomic E-state index is 12.1. The van der Waals surface area contributed by atoms with Gasteiger partial charge in [-0.2, -0.15) is 13.2 Å². The lowest BCUT2D eigenvalue weighted by molar-refractivity contribution is -0.608. The van der Waals surface area contributed by atoms with E-state index in [0.29, 0.717) is 4.90 Å². The van der Waals surface area contributed by atoms with Crippen LogP contribution in [0.2, 0.25) is 0 Å². The van der Waals surface area contributed by atoms with Crippen molar-refractivity contribution in [3.05, 3.63) is 63.7 Å². The molecule has 2 aromatic carbocycles. The second-order valence-electron chi connectivity index (χ2n) is 4.87. The molecule has 0 fully saturated rings. The van der Waals surface area contributed by atoms with Crippen LogP contribution in [0.25, 0.3) is 0 Å². The smallest absolute Gasteiger partial charge is 0.485 e. The van der Waals surface area contributed by atoms with Gasteiger partial charge in [0.1, 0.15) is 0 Å². The van der Waals surface area contributed by atoms with Gasteiger partial charge in [0.15, 0.2) is 13.7 Å². The predicted octanol–water partition coefficient (Wildman–Crippen LogP) is -0.264. The molecular formula is C15H14F3IO5S2. The molecule has 0 aromatic heterocycles. The van der Waals surface area contributed by atoms with Crippen LogP contribution in [-0.2, 0) is 20.0 Å². The summed E-state index contributed by atoms with van der Waals surface area (Å²) in [6.45, 7) is 1.95. The molecular weight excluding hydrogens is 508 g/mol. The molecule has 0 aliphatic carbocycles. The van der Waals surface area contributed by atoms with Crippen molar-refractivity contribution in [2.24, 2.45) is 0 Å². The van der Waals surface area contributed by atoms with Crippen LogP contribution >= 0.6 is 0 Å². The third-order valence-corrected chi connectivity index (χ3v) is 9.70. The molecule has 26 heavy (non-hydrogen) atoms. The summed E-state index contributed by atoms with van der Waals surface area (Å²) in [4.78, 5) is 0.434. The van der Waals surface area contributed by atoms with Gasteiger partial charge in [-0.25, -0.2) is 16.8 Å². The van der Waals surface area contributed by atoms with Crippen molar-refractivity contribution >= 4 is 20.0 Å². The fraction of sp³-hybridized carbons (Fsp3) is 0.200. The Morgan fingerprint density at radius 3 is 1.81 bits per heavy atom. The van der Waals surface area contributed by atoms with Crippen LogP contribution in [0.3, 0.4) is 0 Å². The van der Waals surface area contributed by atoms with Crippen molar-refractivity contribution in [3.63, 3.8) is 0 Å². The fourth-order valence-corrected chi connectivity index (χ4v) is 6.70. The van der Waals surface area contributed by atoms with Gasteiger partial charge in [-0.15, -0.1) is 0 Å². The number of aryl methyl sites for hydroxylation is 1. The van der Waals surface area contributed by atoms with Crippen LogP contribution in [0.5, 0.6) is 0 Å². The van der Waals surface area contributed by atoms with Crippen LogP contribution in [0.15, 0.2) is 59.5 Å². The predicted molar refractivity (Wildman–Crippen MR) is 84.1 cm³/mol. The van der Waals surface area contributed by atoms with E-state index in [0.717, 1.165) is 9.13 Å². The van der Waals surface area contributed by atoms with E-state index in [1.54, 1.807) is 12.1 Å². The molecule has 5 nitrogen and oxygen atoms in total. The van der Waals surface area contributed by atoms with Crippen molar-refractivity contribution in [3.8, 4) is 0 Å². The zero-order valence-corrected chi connectivity index (χ0v) is 17.1. The SMILES string of the molecule is Cc1ccc(S(=O)(=O)C[I+]c2ccccc2)cc1.O=S(=O)([O-])C(F)(F)F. The molecule has 144 valence electrons. The Hall–Kier alpha value is -1.18. The van der Waals surface area contributed by atoms with Gasteiger partial charge in [-0.3, -0.25) is 0 Å². The largest absolute Gasteiger partial charge is 0.741 e. The first-order valence-electron chi connectivity index (χ1n) is 6.79. The van der Waals surface area contributed by atoms with Gasteiger partial charge in [0.05, 0.1) is 4.90 Å². The molecule has 0 atom stereocenters. The maximum Gasteiger partial charge on any atom is 0.485 e. The van der Waals surface area contributed by atoms with Crippen molar-refractivity contribution in [2.45, 2.75) is 17.3 Å². The third kappa shape index (κ3) is 7.60. The highest BCUT2D eigenvalue weighted by Gasteiger charge is 2.36. The van der Waals surface area contributed by atoms with Gasteiger partial charge in [-0.05, 0) is 31.2 Å². The molecule has 0 heterocycles. The van der Waals surface area contributed by atoms with Crippen molar-refractivity contribution in [1.29, 1.82) is 0 Å². The summed E-state index contributed by atoms with van der Waals surface area (Å²) in [5.74, 6) is 0. The summed E-state index contributed by atoms with van der Waals surface area (Å²) in [7, 11) is -9.22. The van der Waals surface area contributed by atoms with Crippen molar-refractivity contribution < 1.29 is 55.8 Å². The van der Waals surface area contributed by atoms with Crippen LogP contribution in [0, 0.1) is 10.5 Å². The Morgan fingerprint density at radius 1 is 0.923 bits per heavy atom. The summed E-state index contributed by atoms with van der Waals surface area (Å²) < 4.78 is 84.6. The molecule has 0 radical (unpaired) electrons. The van der Waals surface area contributed by atoms with E-state index in [9.17, 15) is 21.6 Å². The van der Waals surface area contributed by atoms with Crippen LogP contribution in [0.4, 0.5) is 13.2 Å². The highest BCUT2D eigenvalue weighted by molar-refractivity contribution is 7.91. The monoisotopic (exact) mass is 522 g/mol. The Bertz CT molecular complexity index is 910. The normalized spacial score (nSPS) is 12.2. The molecule has 0 saturated carbocycles. The van der Waals surface area contributed by atoms with E-state index in [1.165, 1.54) is 0 Å². The Balaban J connectivity index is 0.000000359. The number of rotatable bonds is 4. The average Bonchev–Trinajstić information content (AvgIpc) is 2.53. The second-order valence-corrected chi connectivity index (χ2v) is 12.0. The lowest BCUT2D eigenvalue weighted by Gasteiger charge is -2.08. The molecule has 0 amide bonds. The summed E-state index contributed by atoms with van der Waals surface area (Å²) in [6.07, 6.45) is 0. The summed E-state index contributed by atoms with van der Waals surface area (Å²) in [6, 6.07) is 16.9. The summed E-state index contributed by atoms with van der Waals surface area (Å²) in [5.41, 5.74) is -4.57. The first-order chi connectivity index (χ1) is 11.8.